The Morgan fingerprint density at radius 2 is 1.72 bits per heavy atom. The molecule has 0 radical (unpaired) electrons. The number of carbonyl (C=O) groups is 3. The molecular formula is C28H24ClNO6. The van der Waals surface area contributed by atoms with Crippen LogP contribution in [0.4, 0.5) is 5.69 Å². The Hall–Kier alpha value is -4.10. The molecule has 1 saturated heterocycles. The number of hydrogen-bond acceptors (Lipinski definition) is 6. The average molecular weight is 506 g/mol. The van der Waals surface area contributed by atoms with Gasteiger partial charge in [0.15, 0.2) is 0 Å². The molecule has 0 aromatic heterocycles. The predicted octanol–water partition coefficient (Wildman–Crippen LogP) is 5.46. The summed E-state index contributed by atoms with van der Waals surface area (Å²) in [6.07, 6.45) is 0. The number of nitrogens with zero attached hydrogens (tertiary/aromatic N) is 1. The first-order valence-corrected chi connectivity index (χ1v) is 11.6. The molecule has 4 rings (SSSR count). The van der Waals surface area contributed by atoms with Crippen LogP contribution in [0.25, 0.3) is 5.76 Å². The number of aliphatic hydroxyl groups is 1. The Bertz CT molecular complexity index is 1380. The molecular weight excluding hydrogens is 482 g/mol. The number of esters is 1. The lowest BCUT2D eigenvalue weighted by atomic mass is 9.94. The molecule has 1 aliphatic heterocycles. The highest BCUT2D eigenvalue weighted by Crippen LogP contribution is 2.43. The lowest BCUT2D eigenvalue weighted by Crippen LogP contribution is -2.29. The maximum atomic E-state index is 13.3. The summed E-state index contributed by atoms with van der Waals surface area (Å²) in [5.74, 6) is -2.06. The van der Waals surface area contributed by atoms with Crippen LogP contribution in [0, 0.1) is 6.92 Å². The highest BCUT2D eigenvalue weighted by molar-refractivity contribution is 6.51. The molecule has 1 heterocycles. The molecule has 1 fully saturated rings. The van der Waals surface area contributed by atoms with Gasteiger partial charge in [0, 0.05) is 11.3 Å². The van der Waals surface area contributed by atoms with Crippen LogP contribution in [0.3, 0.4) is 0 Å². The van der Waals surface area contributed by atoms with Crippen molar-refractivity contribution in [2.75, 3.05) is 18.6 Å². The Morgan fingerprint density at radius 1 is 1.03 bits per heavy atom. The molecule has 0 aliphatic carbocycles. The fourth-order valence-electron chi connectivity index (χ4n) is 4.20. The minimum Gasteiger partial charge on any atom is -0.507 e. The van der Waals surface area contributed by atoms with E-state index in [0.29, 0.717) is 22.6 Å². The zero-order chi connectivity index (χ0) is 26.0. The highest BCUT2D eigenvalue weighted by atomic mass is 35.5. The fourth-order valence-corrected chi connectivity index (χ4v) is 4.45. The lowest BCUT2D eigenvalue weighted by Gasteiger charge is -2.26. The number of aliphatic hydroxyl groups excluding tert-OH is 1. The van der Waals surface area contributed by atoms with Crippen LogP contribution < -0.4 is 9.64 Å². The Kier molecular flexibility index (Phi) is 7.12. The van der Waals surface area contributed by atoms with E-state index in [9.17, 15) is 19.5 Å². The van der Waals surface area contributed by atoms with E-state index >= 15 is 0 Å². The van der Waals surface area contributed by atoms with Crippen molar-refractivity contribution in [3.05, 3.63) is 99.6 Å². The van der Waals surface area contributed by atoms with E-state index in [1.807, 2.05) is 25.1 Å². The van der Waals surface area contributed by atoms with Crippen molar-refractivity contribution in [1.29, 1.82) is 0 Å². The summed E-state index contributed by atoms with van der Waals surface area (Å²) < 4.78 is 10.2. The van der Waals surface area contributed by atoms with Gasteiger partial charge in [0.2, 0.25) is 0 Å². The summed E-state index contributed by atoms with van der Waals surface area (Å²) in [7, 11) is 1.47. The summed E-state index contributed by atoms with van der Waals surface area (Å²) in [4.78, 5) is 40.0. The molecule has 1 aliphatic rings. The van der Waals surface area contributed by atoms with Crippen LogP contribution in [0.15, 0.2) is 72.3 Å². The van der Waals surface area contributed by atoms with E-state index in [4.69, 9.17) is 21.1 Å². The molecule has 0 saturated carbocycles. The second-order valence-electron chi connectivity index (χ2n) is 8.20. The Balaban J connectivity index is 1.87. The van der Waals surface area contributed by atoms with E-state index in [-0.39, 0.29) is 28.5 Å². The van der Waals surface area contributed by atoms with Crippen LogP contribution in [0.2, 0.25) is 5.02 Å². The van der Waals surface area contributed by atoms with Gasteiger partial charge >= 0.3 is 5.97 Å². The zero-order valence-electron chi connectivity index (χ0n) is 19.9. The van der Waals surface area contributed by atoms with Crippen molar-refractivity contribution in [3.8, 4) is 5.75 Å². The van der Waals surface area contributed by atoms with Crippen molar-refractivity contribution in [1.82, 2.24) is 0 Å². The smallest absolute Gasteiger partial charge is 0.338 e. The summed E-state index contributed by atoms with van der Waals surface area (Å²) in [5, 5.41) is 11.5. The number of amides is 1. The second kappa shape index (κ2) is 10.3. The molecule has 3 aromatic carbocycles. The van der Waals surface area contributed by atoms with Gasteiger partial charge in [-0.3, -0.25) is 14.5 Å². The van der Waals surface area contributed by atoms with Crippen molar-refractivity contribution >= 4 is 40.7 Å². The first-order valence-electron chi connectivity index (χ1n) is 11.3. The molecule has 7 nitrogen and oxygen atoms in total. The molecule has 0 bridgehead atoms. The number of ketones is 1. The lowest BCUT2D eigenvalue weighted by molar-refractivity contribution is -0.132. The third-order valence-corrected chi connectivity index (χ3v) is 6.18. The number of halogens is 1. The molecule has 8 heteroatoms. The number of rotatable bonds is 6. The fraction of sp³-hybridized carbons (Fsp3) is 0.179. The van der Waals surface area contributed by atoms with E-state index in [0.717, 1.165) is 5.56 Å². The van der Waals surface area contributed by atoms with Gasteiger partial charge in [-0.05, 0) is 61.9 Å². The number of anilines is 1. The van der Waals surface area contributed by atoms with Gasteiger partial charge < -0.3 is 14.6 Å². The Labute approximate surface area is 213 Å². The van der Waals surface area contributed by atoms with Gasteiger partial charge in [-0.2, -0.15) is 0 Å². The first-order chi connectivity index (χ1) is 17.3. The monoisotopic (exact) mass is 505 g/mol. The maximum absolute atomic E-state index is 13.3. The van der Waals surface area contributed by atoms with Crippen LogP contribution in [0.5, 0.6) is 5.75 Å². The van der Waals surface area contributed by atoms with Crippen molar-refractivity contribution in [2.24, 2.45) is 0 Å². The average Bonchev–Trinajstić information content (AvgIpc) is 3.14. The number of Topliss-reactive ketones (excluding diaryl/α,β-unsaturated/α-hetero) is 1. The summed E-state index contributed by atoms with van der Waals surface area (Å²) >= 11 is 6.25. The SMILES string of the molecule is CCOC(=O)c1ccc(N2C(=O)C(=O)/C(=C(\O)c3ccc(OC)c(Cl)c3)C2c2cccc(C)c2)cc1. The van der Waals surface area contributed by atoms with Crippen LogP contribution in [-0.4, -0.2) is 36.5 Å². The zero-order valence-corrected chi connectivity index (χ0v) is 20.7. The largest absolute Gasteiger partial charge is 0.507 e. The molecule has 1 unspecified atom stereocenters. The van der Waals surface area contributed by atoms with E-state index in [2.05, 4.69) is 0 Å². The van der Waals surface area contributed by atoms with Gasteiger partial charge in [-0.25, -0.2) is 4.79 Å². The third-order valence-electron chi connectivity index (χ3n) is 5.88. The van der Waals surface area contributed by atoms with Gasteiger partial charge in [0.1, 0.15) is 11.5 Å². The van der Waals surface area contributed by atoms with Crippen molar-refractivity contribution in [3.63, 3.8) is 0 Å². The quantitative estimate of drug-likeness (QED) is 0.207. The first kappa shape index (κ1) is 25.0. The number of ether oxygens (including phenoxy) is 2. The van der Waals surface area contributed by atoms with Crippen molar-refractivity contribution in [2.45, 2.75) is 19.9 Å². The number of hydrogen-bond donors (Lipinski definition) is 1. The highest BCUT2D eigenvalue weighted by Gasteiger charge is 2.47. The van der Waals surface area contributed by atoms with Gasteiger partial charge in [0.05, 0.1) is 35.9 Å². The van der Waals surface area contributed by atoms with Crippen LogP contribution in [0.1, 0.15) is 40.0 Å². The topological polar surface area (TPSA) is 93.1 Å². The van der Waals surface area contributed by atoms with E-state index < -0.39 is 23.7 Å². The molecule has 36 heavy (non-hydrogen) atoms. The molecule has 0 spiro atoms. The van der Waals surface area contributed by atoms with Gasteiger partial charge in [-0.1, -0.05) is 41.4 Å². The summed E-state index contributed by atoms with van der Waals surface area (Å²) in [6.45, 7) is 3.84. The van der Waals surface area contributed by atoms with Crippen LogP contribution in [-0.2, 0) is 14.3 Å². The number of aryl methyl sites for hydroxylation is 1. The Morgan fingerprint density at radius 3 is 2.33 bits per heavy atom. The summed E-state index contributed by atoms with van der Waals surface area (Å²) in [6, 6.07) is 17.3. The van der Waals surface area contributed by atoms with E-state index in [1.165, 1.54) is 30.2 Å². The molecule has 1 amide bonds. The maximum Gasteiger partial charge on any atom is 0.338 e. The van der Waals surface area contributed by atoms with E-state index in [1.54, 1.807) is 37.3 Å². The van der Waals surface area contributed by atoms with Crippen LogP contribution >= 0.6 is 11.6 Å². The number of methoxy groups -OCH3 is 1. The van der Waals surface area contributed by atoms with Crippen molar-refractivity contribution < 1.29 is 29.0 Å². The predicted molar refractivity (Wildman–Crippen MR) is 136 cm³/mol. The van der Waals surface area contributed by atoms with Gasteiger partial charge in [0.25, 0.3) is 11.7 Å². The number of benzene rings is 3. The second-order valence-corrected chi connectivity index (χ2v) is 8.61. The third kappa shape index (κ3) is 4.57. The van der Waals surface area contributed by atoms with Gasteiger partial charge in [-0.15, -0.1) is 0 Å². The molecule has 1 atom stereocenters. The standard InChI is InChI=1S/C28H24ClNO6/c1-4-36-28(34)17-8-11-20(12-9-17)30-24(18-7-5-6-16(2)14-18)23(26(32)27(30)33)25(31)19-10-13-22(35-3)21(29)15-19/h5-15,24,31H,4H2,1-3H3/b25-23-. The minimum atomic E-state index is -0.903. The molecule has 3 aromatic rings. The minimum absolute atomic E-state index is 0.0682. The molecule has 1 N–H and O–H groups in total. The molecule has 184 valence electrons. The number of carbonyl (C=O) groups excluding carboxylic acids is 3. The summed E-state index contributed by atoms with van der Waals surface area (Å²) in [5.41, 5.74) is 2.48. The normalized spacial score (nSPS) is 16.8.